The molecule has 0 unspecified atom stereocenters. The summed E-state index contributed by atoms with van der Waals surface area (Å²) in [5, 5.41) is 1.96. The van der Waals surface area contributed by atoms with E-state index in [4.69, 9.17) is 4.74 Å². The zero-order valence-corrected chi connectivity index (χ0v) is 6.56. The number of ether oxygens (including phenoxy) is 1. The highest BCUT2D eigenvalue weighted by atomic mass is 32.1. The first-order valence-electron chi connectivity index (χ1n) is 3.27. The van der Waals surface area contributed by atoms with Crippen LogP contribution in [0.3, 0.4) is 0 Å². The number of carbonyl (C=O) groups is 1. The molecule has 3 heteroatoms. The van der Waals surface area contributed by atoms with Gasteiger partial charge in [0.05, 0.1) is 4.88 Å². The molecule has 0 fully saturated rings. The lowest BCUT2D eigenvalue weighted by Gasteiger charge is -1.96. The van der Waals surface area contributed by atoms with E-state index in [1.807, 2.05) is 17.5 Å². The second-order valence-corrected chi connectivity index (χ2v) is 3.19. The number of rotatable bonds is 1. The maximum atomic E-state index is 10.8. The molecule has 0 radical (unpaired) electrons. The Kier molecular flexibility index (Phi) is 1.51. The molecule has 2 rings (SSSR count). The summed E-state index contributed by atoms with van der Waals surface area (Å²) in [5.74, 6) is 0.762. The molecule has 0 amide bonds. The fraction of sp³-hybridized carbons (Fsp3) is 0.125. The first-order valence-corrected chi connectivity index (χ1v) is 4.15. The van der Waals surface area contributed by atoms with Crippen molar-refractivity contribution in [2.24, 2.45) is 0 Å². The van der Waals surface area contributed by atoms with E-state index in [0.29, 0.717) is 5.76 Å². The predicted octanol–water partition coefficient (Wildman–Crippen LogP) is 1.69. The van der Waals surface area contributed by atoms with Gasteiger partial charge in [-0.1, -0.05) is 6.07 Å². The highest BCUT2D eigenvalue weighted by molar-refractivity contribution is 7.11. The molecule has 0 saturated carbocycles. The molecule has 56 valence electrons. The van der Waals surface area contributed by atoms with Crippen LogP contribution in [0.25, 0.3) is 5.76 Å². The summed E-state index contributed by atoms with van der Waals surface area (Å²) in [6.45, 7) is 0.202. The van der Waals surface area contributed by atoms with Crippen LogP contribution in [-0.4, -0.2) is 12.4 Å². The van der Waals surface area contributed by atoms with Gasteiger partial charge >= 0.3 is 0 Å². The van der Waals surface area contributed by atoms with Crippen LogP contribution in [0.5, 0.6) is 0 Å². The molecule has 1 aromatic rings. The highest BCUT2D eigenvalue weighted by Crippen LogP contribution is 2.24. The average molecular weight is 166 g/mol. The molecule has 1 aromatic heterocycles. The summed E-state index contributed by atoms with van der Waals surface area (Å²) >= 11 is 1.58. The van der Waals surface area contributed by atoms with Crippen LogP contribution in [0.1, 0.15) is 4.88 Å². The number of carbonyl (C=O) groups excluding carboxylic acids is 1. The molecule has 2 heterocycles. The van der Waals surface area contributed by atoms with Crippen molar-refractivity contribution < 1.29 is 9.53 Å². The minimum atomic E-state index is 0.0494. The summed E-state index contributed by atoms with van der Waals surface area (Å²) in [5.41, 5.74) is 0. The van der Waals surface area contributed by atoms with Crippen LogP contribution in [0.2, 0.25) is 0 Å². The van der Waals surface area contributed by atoms with Gasteiger partial charge in [-0.05, 0) is 11.4 Å². The van der Waals surface area contributed by atoms with Crippen molar-refractivity contribution in [1.82, 2.24) is 0 Å². The molecule has 2 nitrogen and oxygen atoms in total. The third kappa shape index (κ3) is 1.19. The van der Waals surface area contributed by atoms with Gasteiger partial charge in [0.1, 0.15) is 5.76 Å². The fourth-order valence-electron chi connectivity index (χ4n) is 0.939. The average Bonchev–Trinajstić information content (AvgIpc) is 2.55. The fourth-order valence-corrected chi connectivity index (χ4v) is 1.63. The minimum absolute atomic E-state index is 0.0494. The molecule has 0 spiro atoms. The van der Waals surface area contributed by atoms with E-state index in [2.05, 4.69) is 0 Å². The van der Waals surface area contributed by atoms with Crippen molar-refractivity contribution >= 4 is 22.9 Å². The Labute approximate surface area is 68.1 Å². The maximum absolute atomic E-state index is 10.8. The standard InChI is InChI=1S/C8H6O2S/c9-6-4-7(10-5-6)8-2-1-3-11-8/h1-4H,5H2. The van der Waals surface area contributed by atoms with Gasteiger partial charge in [-0.2, -0.15) is 0 Å². The molecule has 1 aliphatic heterocycles. The Morgan fingerprint density at radius 2 is 2.45 bits per heavy atom. The van der Waals surface area contributed by atoms with Crippen LogP contribution in [0.4, 0.5) is 0 Å². The Morgan fingerprint density at radius 1 is 1.55 bits per heavy atom. The Bertz CT molecular complexity index is 298. The van der Waals surface area contributed by atoms with Crippen LogP contribution in [-0.2, 0) is 9.53 Å². The van der Waals surface area contributed by atoms with Gasteiger partial charge in [0.25, 0.3) is 0 Å². The first kappa shape index (κ1) is 6.61. The first-order chi connectivity index (χ1) is 5.36. The summed E-state index contributed by atoms with van der Waals surface area (Å²) in [6, 6.07) is 3.88. The second-order valence-electron chi connectivity index (χ2n) is 2.24. The molecule has 1 aliphatic rings. The van der Waals surface area contributed by atoms with Crippen molar-refractivity contribution in [2.45, 2.75) is 0 Å². The normalized spacial score (nSPS) is 16.4. The molecule has 11 heavy (non-hydrogen) atoms. The van der Waals surface area contributed by atoms with Crippen LogP contribution in [0.15, 0.2) is 23.6 Å². The van der Waals surface area contributed by atoms with E-state index >= 15 is 0 Å². The highest BCUT2D eigenvalue weighted by Gasteiger charge is 2.14. The molecule has 0 aromatic carbocycles. The minimum Gasteiger partial charge on any atom is -0.484 e. The van der Waals surface area contributed by atoms with E-state index in [0.717, 1.165) is 4.88 Å². The van der Waals surface area contributed by atoms with Crippen LogP contribution < -0.4 is 0 Å². The van der Waals surface area contributed by atoms with Crippen molar-refractivity contribution in [3.63, 3.8) is 0 Å². The zero-order chi connectivity index (χ0) is 7.68. The Morgan fingerprint density at radius 3 is 3.00 bits per heavy atom. The van der Waals surface area contributed by atoms with E-state index in [9.17, 15) is 4.79 Å². The SMILES string of the molecule is O=C1C=C(c2cccs2)OC1. The van der Waals surface area contributed by atoms with E-state index in [1.165, 1.54) is 0 Å². The van der Waals surface area contributed by atoms with E-state index in [1.54, 1.807) is 17.4 Å². The molecular formula is C8H6O2S. The lowest BCUT2D eigenvalue weighted by molar-refractivity contribution is -0.115. The maximum Gasteiger partial charge on any atom is 0.196 e. The molecule has 0 aliphatic carbocycles. The van der Waals surface area contributed by atoms with Gasteiger partial charge < -0.3 is 4.74 Å². The largest absolute Gasteiger partial charge is 0.484 e. The van der Waals surface area contributed by atoms with Crippen LogP contribution >= 0.6 is 11.3 Å². The third-order valence-corrected chi connectivity index (χ3v) is 2.31. The monoisotopic (exact) mass is 166 g/mol. The van der Waals surface area contributed by atoms with Gasteiger partial charge in [-0.3, -0.25) is 4.79 Å². The summed E-state index contributed by atoms with van der Waals surface area (Å²) < 4.78 is 5.13. The van der Waals surface area contributed by atoms with Gasteiger partial charge in [0, 0.05) is 6.08 Å². The van der Waals surface area contributed by atoms with Crippen molar-refractivity contribution in [1.29, 1.82) is 0 Å². The lowest BCUT2D eigenvalue weighted by Crippen LogP contribution is -1.92. The molecule has 0 atom stereocenters. The van der Waals surface area contributed by atoms with Crippen molar-refractivity contribution in [3.05, 3.63) is 28.5 Å². The molecular weight excluding hydrogens is 160 g/mol. The van der Waals surface area contributed by atoms with E-state index in [-0.39, 0.29) is 12.4 Å². The quantitative estimate of drug-likeness (QED) is 0.634. The second kappa shape index (κ2) is 2.51. The Balaban J connectivity index is 2.31. The molecule has 0 bridgehead atoms. The zero-order valence-electron chi connectivity index (χ0n) is 5.74. The third-order valence-electron chi connectivity index (χ3n) is 1.43. The lowest BCUT2D eigenvalue weighted by atomic mass is 10.3. The topological polar surface area (TPSA) is 26.3 Å². The van der Waals surface area contributed by atoms with Crippen molar-refractivity contribution in [3.8, 4) is 0 Å². The number of hydrogen-bond acceptors (Lipinski definition) is 3. The van der Waals surface area contributed by atoms with Crippen LogP contribution in [0, 0.1) is 0 Å². The number of thiophene rings is 1. The van der Waals surface area contributed by atoms with E-state index < -0.39 is 0 Å². The Hall–Kier alpha value is -1.09. The molecule has 0 saturated heterocycles. The number of ketones is 1. The smallest absolute Gasteiger partial charge is 0.196 e. The van der Waals surface area contributed by atoms with Crippen molar-refractivity contribution in [2.75, 3.05) is 6.61 Å². The summed E-state index contributed by atoms with van der Waals surface area (Å²) in [4.78, 5) is 11.8. The van der Waals surface area contributed by atoms with Gasteiger partial charge in [-0.15, -0.1) is 11.3 Å². The van der Waals surface area contributed by atoms with Gasteiger partial charge in [0.2, 0.25) is 0 Å². The summed E-state index contributed by atoms with van der Waals surface area (Å²) in [7, 11) is 0. The summed E-state index contributed by atoms with van der Waals surface area (Å²) in [6.07, 6.45) is 1.55. The predicted molar refractivity (Wildman–Crippen MR) is 43.3 cm³/mol. The van der Waals surface area contributed by atoms with Gasteiger partial charge in [-0.25, -0.2) is 0 Å². The number of hydrogen-bond donors (Lipinski definition) is 0. The van der Waals surface area contributed by atoms with Gasteiger partial charge in [0.15, 0.2) is 12.4 Å². The molecule has 0 N–H and O–H groups in total.